The minimum atomic E-state index is -0.480. The summed E-state index contributed by atoms with van der Waals surface area (Å²) in [4.78, 5) is 12.2. The van der Waals surface area contributed by atoms with Crippen molar-refractivity contribution < 1.29 is 19.0 Å². The van der Waals surface area contributed by atoms with E-state index in [4.69, 9.17) is 14.2 Å². The number of rotatable bonds is 4. The average Bonchev–Trinajstić information content (AvgIpc) is 2.36. The van der Waals surface area contributed by atoms with Gasteiger partial charge in [-0.2, -0.15) is 0 Å². The summed E-state index contributed by atoms with van der Waals surface area (Å²) >= 11 is 0. The Morgan fingerprint density at radius 1 is 1.35 bits per heavy atom. The SMILES string of the molecule is CCC(C)Oc1cc2c(cc1OC)C(=O)CC(C)(C)O2. The maximum atomic E-state index is 12.2. The van der Waals surface area contributed by atoms with Crippen LogP contribution >= 0.6 is 0 Å². The summed E-state index contributed by atoms with van der Waals surface area (Å²) in [5, 5.41) is 0. The van der Waals surface area contributed by atoms with E-state index in [1.807, 2.05) is 20.8 Å². The van der Waals surface area contributed by atoms with Crippen LogP contribution < -0.4 is 14.2 Å². The Balaban J connectivity index is 2.43. The zero-order chi connectivity index (χ0) is 14.9. The molecule has 110 valence electrons. The lowest BCUT2D eigenvalue weighted by molar-refractivity contribution is 0.0615. The van der Waals surface area contributed by atoms with Crippen molar-refractivity contribution in [3.8, 4) is 17.2 Å². The van der Waals surface area contributed by atoms with E-state index in [0.29, 0.717) is 29.2 Å². The van der Waals surface area contributed by atoms with Gasteiger partial charge >= 0.3 is 0 Å². The van der Waals surface area contributed by atoms with Crippen molar-refractivity contribution in [2.24, 2.45) is 0 Å². The fraction of sp³-hybridized carbons (Fsp3) is 0.562. The second-order valence-corrected chi connectivity index (χ2v) is 5.80. The lowest BCUT2D eigenvalue weighted by Crippen LogP contribution is -2.35. The summed E-state index contributed by atoms with van der Waals surface area (Å²) in [6, 6.07) is 3.48. The molecule has 0 aliphatic carbocycles. The maximum Gasteiger partial charge on any atom is 0.170 e. The Morgan fingerprint density at radius 2 is 2.05 bits per heavy atom. The molecule has 2 rings (SSSR count). The summed E-state index contributed by atoms with van der Waals surface area (Å²) in [7, 11) is 1.57. The predicted octanol–water partition coefficient (Wildman–Crippen LogP) is 3.62. The van der Waals surface area contributed by atoms with Crippen molar-refractivity contribution in [2.75, 3.05) is 7.11 Å². The number of ketones is 1. The van der Waals surface area contributed by atoms with E-state index in [0.717, 1.165) is 6.42 Å². The van der Waals surface area contributed by atoms with E-state index in [2.05, 4.69) is 6.92 Å². The third-order valence-electron chi connectivity index (χ3n) is 3.44. The van der Waals surface area contributed by atoms with Gasteiger partial charge in [0.1, 0.15) is 11.4 Å². The van der Waals surface area contributed by atoms with Crippen LogP contribution in [0.15, 0.2) is 12.1 Å². The highest BCUT2D eigenvalue weighted by atomic mass is 16.5. The monoisotopic (exact) mass is 278 g/mol. The van der Waals surface area contributed by atoms with Crippen molar-refractivity contribution in [1.82, 2.24) is 0 Å². The van der Waals surface area contributed by atoms with Gasteiger partial charge in [0.15, 0.2) is 17.3 Å². The van der Waals surface area contributed by atoms with Crippen LogP contribution in [-0.4, -0.2) is 24.6 Å². The van der Waals surface area contributed by atoms with Crippen LogP contribution in [0.25, 0.3) is 0 Å². The Labute approximate surface area is 120 Å². The number of benzene rings is 1. The van der Waals surface area contributed by atoms with E-state index in [1.165, 1.54) is 0 Å². The normalized spacial score (nSPS) is 17.9. The second kappa shape index (κ2) is 5.35. The van der Waals surface area contributed by atoms with Crippen molar-refractivity contribution in [3.63, 3.8) is 0 Å². The molecule has 0 amide bonds. The number of Topliss-reactive ketones (excluding diaryl/α,β-unsaturated/α-hetero) is 1. The lowest BCUT2D eigenvalue weighted by Gasteiger charge is -2.32. The summed E-state index contributed by atoms with van der Waals surface area (Å²) in [5.74, 6) is 1.83. The maximum absolute atomic E-state index is 12.2. The standard InChI is InChI=1S/C16H22O4/c1-6-10(2)19-15-8-13-11(7-14(15)18-5)12(17)9-16(3,4)20-13/h7-8,10H,6,9H2,1-5H3. The first kappa shape index (κ1) is 14.7. The molecule has 1 aromatic rings. The van der Waals surface area contributed by atoms with Crippen molar-refractivity contribution in [2.45, 2.75) is 52.2 Å². The molecule has 0 spiro atoms. The van der Waals surface area contributed by atoms with Gasteiger partial charge in [-0.1, -0.05) is 6.92 Å². The molecule has 0 saturated heterocycles. The molecule has 20 heavy (non-hydrogen) atoms. The molecular formula is C16H22O4. The van der Waals surface area contributed by atoms with Gasteiger partial charge in [-0.15, -0.1) is 0 Å². The molecule has 0 saturated carbocycles. The van der Waals surface area contributed by atoms with Crippen molar-refractivity contribution >= 4 is 5.78 Å². The van der Waals surface area contributed by atoms with Gasteiger partial charge in [0.2, 0.25) is 0 Å². The number of fused-ring (bicyclic) bond motifs is 1. The number of ether oxygens (including phenoxy) is 3. The minimum Gasteiger partial charge on any atom is -0.493 e. The third kappa shape index (κ3) is 2.89. The molecule has 1 atom stereocenters. The molecule has 0 N–H and O–H groups in total. The summed E-state index contributed by atoms with van der Waals surface area (Å²) in [5.41, 5.74) is 0.0874. The summed E-state index contributed by atoms with van der Waals surface area (Å²) in [6.07, 6.45) is 1.34. The second-order valence-electron chi connectivity index (χ2n) is 5.80. The minimum absolute atomic E-state index is 0.0737. The summed E-state index contributed by atoms with van der Waals surface area (Å²) < 4.78 is 17.1. The quantitative estimate of drug-likeness (QED) is 0.844. The van der Waals surface area contributed by atoms with E-state index in [9.17, 15) is 4.79 Å². The van der Waals surface area contributed by atoms with Crippen molar-refractivity contribution in [3.05, 3.63) is 17.7 Å². The highest BCUT2D eigenvalue weighted by molar-refractivity contribution is 6.01. The zero-order valence-electron chi connectivity index (χ0n) is 12.8. The molecule has 0 aromatic heterocycles. The zero-order valence-corrected chi connectivity index (χ0v) is 12.8. The Morgan fingerprint density at radius 3 is 2.65 bits per heavy atom. The van der Waals surface area contributed by atoms with Gasteiger partial charge in [0.05, 0.1) is 25.2 Å². The highest BCUT2D eigenvalue weighted by Crippen LogP contribution is 2.41. The summed E-state index contributed by atoms with van der Waals surface area (Å²) in [6.45, 7) is 7.87. The molecule has 0 bridgehead atoms. The topological polar surface area (TPSA) is 44.8 Å². The number of carbonyl (C=O) groups excluding carboxylic acids is 1. The van der Waals surface area contributed by atoms with Crippen LogP contribution in [0.2, 0.25) is 0 Å². The van der Waals surface area contributed by atoms with E-state index in [1.54, 1.807) is 19.2 Å². The van der Waals surface area contributed by atoms with E-state index >= 15 is 0 Å². The molecule has 4 nitrogen and oxygen atoms in total. The molecule has 1 unspecified atom stereocenters. The Kier molecular flexibility index (Phi) is 3.93. The largest absolute Gasteiger partial charge is 0.493 e. The fourth-order valence-corrected chi connectivity index (χ4v) is 2.21. The van der Waals surface area contributed by atoms with Crippen LogP contribution in [-0.2, 0) is 0 Å². The van der Waals surface area contributed by atoms with Gasteiger partial charge in [-0.05, 0) is 33.3 Å². The van der Waals surface area contributed by atoms with Gasteiger partial charge in [-0.25, -0.2) is 0 Å². The van der Waals surface area contributed by atoms with Gasteiger partial charge in [-0.3, -0.25) is 4.79 Å². The van der Waals surface area contributed by atoms with E-state index in [-0.39, 0.29) is 11.9 Å². The smallest absolute Gasteiger partial charge is 0.170 e. The van der Waals surface area contributed by atoms with Crippen LogP contribution in [0.5, 0.6) is 17.2 Å². The van der Waals surface area contributed by atoms with E-state index < -0.39 is 5.60 Å². The molecule has 4 heteroatoms. The molecule has 0 fully saturated rings. The number of carbonyl (C=O) groups is 1. The first-order valence-electron chi connectivity index (χ1n) is 6.97. The predicted molar refractivity (Wildman–Crippen MR) is 77.0 cm³/mol. The first-order chi connectivity index (χ1) is 9.36. The Hall–Kier alpha value is -1.71. The average molecular weight is 278 g/mol. The molecule has 1 aliphatic rings. The molecule has 0 radical (unpaired) electrons. The molecular weight excluding hydrogens is 256 g/mol. The first-order valence-corrected chi connectivity index (χ1v) is 6.97. The van der Waals surface area contributed by atoms with Gasteiger partial charge in [0.25, 0.3) is 0 Å². The highest BCUT2D eigenvalue weighted by Gasteiger charge is 2.33. The molecule has 1 heterocycles. The van der Waals surface area contributed by atoms with Crippen LogP contribution in [0.3, 0.4) is 0 Å². The van der Waals surface area contributed by atoms with Gasteiger partial charge in [0, 0.05) is 6.07 Å². The lowest BCUT2D eigenvalue weighted by atomic mass is 9.93. The molecule has 1 aromatic carbocycles. The van der Waals surface area contributed by atoms with Crippen molar-refractivity contribution in [1.29, 1.82) is 0 Å². The van der Waals surface area contributed by atoms with Crippen LogP contribution in [0, 0.1) is 0 Å². The number of hydrogen-bond acceptors (Lipinski definition) is 4. The molecule has 1 aliphatic heterocycles. The number of hydrogen-bond donors (Lipinski definition) is 0. The third-order valence-corrected chi connectivity index (χ3v) is 3.44. The number of methoxy groups -OCH3 is 1. The fourth-order valence-electron chi connectivity index (χ4n) is 2.21. The Bertz CT molecular complexity index is 519. The van der Waals surface area contributed by atoms with Crippen LogP contribution in [0.4, 0.5) is 0 Å². The van der Waals surface area contributed by atoms with Crippen LogP contribution in [0.1, 0.15) is 50.9 Å². The van der Waals surface area contributed by atoms with Gasteiger partial charge < -0.3 is 14.2 Å².